The summed E-state index contributed by atoms with van der Waals surface area (Å²) in [5, 5.41) is 0.726. The van der Waals surface area contributed by atoms with E-state index in [-0.39, 0.29) is 11.5 Å². The third-order valence-electron chi connectivity index (χ3n) is 5.65. The minimum atomic E-state index is -0.365. The summed E-state index contributed by atoms with van der Waals surface area (Å²) in [7, 11) is 1.37. The van der Waals surface area contributed by atoms with E-state index < -0.39 is 0 Å². The quantitative estimate of drug-likeness (QED) is 0.601. The van der Waals surface area contributed by atoms with E-state index in [0.29, 0.717) is 18.7 Å². The van der Waals surface area contributed by atoms with Crippen LogP contribution in [-0.4, -0.2) is 40.6 Å². The number of thiophene rings is 1. The zero-order valence-electron chi connectivity index (χ0n) is 17.0. The van der Waals surface area contributed by atoms with E-state index in [4.69, 9.17) is 9.72 Å². The Kier molecular flexibility index (Phi) is 5.52. The van der Waals surface area contributed by atoms with Crippen molar-refractivity contribution < 1.29 is 9.53 Å². The highest BCUT2D eigenvalue weighted by molar-refractivity contribution is 7.18. The Labute approximate surface area is 173 Å². The Morgan fingerprint density at radius 3 is 2.48 bits per heavy atom. The van der Waals surface area contributed by atoms with Gasteiger partial charge in [-0.2, -0.15) is 0 Å². The molecule has 1 aromatic carbocycles. The van der Waals surface area contributed by atoms with Crippen LogP contribution >= 0.6 is 11.3 Å². The second kappa shape index (κ2) is 8.08. The highest BCUT2D eigenvalue weighted by atomic mass is 32.1. The third kappa shape index (κ3) is 3.84. The third-order valence-corrected chi connectivity index (χ3v) is 6.75. The second-order valence-electron chi connectivity index (χ2n) is 7.55. The number of benzene rings is 1. The number of carbonyl (C=O) groups is 1. The van der Waals surface area contributed by atoms with Gasteiger partial charge in [-0.15, -0.1) is 11.3 Å². The smallest absolute Gasteiger partial charge is 0.337 e. The Bertz CT molecular complexity index is 1110. The highest BCUT2D eigenvalue weighted by Gasteiger charge is 2.20. The molecular weight excluding hydrogens is 386 g/mol. The molecule has 1 aliphatic heterocycles. The molecule has 0 bridgehead atoms. The number of rotatable bonds is 5. The summed E-state index contributed by atoms with van der Waals surface area (Å²) < 4.78 is 6.56. The van der Waals surface area contributed by atoms with Gasteiger partial charge in [-0.3, -0.25) is 14.3 Å². The summed E-state index contributed by atoms with van der Waals surface area (Å²) in [6.07, 6.45) is 2.39. The number of hydrogen-bond acceptors (Lipinski definition) is 6. The van der Waals surface area contributed by atoms with Crippen molar-refractivity contribution in [1.29, 1.82) is 0 Å². The number of nitrogens with zero attached hydrogens (tertiary/aromatic N) is 3. The number of ether oxygens (including phenoxy) is 1. The Balaban J connectivity index is 1.76. The van der Waals surface area contributed by atoms with Crippen LogP contribution in [0.1, 0.15) is 45.0 Å². The maximum atomic E-state index is 13.4. The molecule has 0 unspecified atom stereocenters. The maximum absolute atomic E-state index is 13.4. The van der Waals surface area contributed by atoms with Gasteiger partial charge in [0.05, 0.1) is 31.1 Å². The van der Waals surface area contributed by atoms with E-state index in [2.05, 4.69) is 4.90 Å². The lowest BCUT2D eigenvalue weighted by Gasteiger charge is -2.18. The van der Waals surface area contributed by atoms with E-state index in [1.807, 2.05) is 26.0 Å². The molecule has 3 aromatic rings. The van der Waals surface area contributed by atoms with Crippen molar-refractivity contribution in [2.24, 2.45) is 0 Å². The fraction of sp³-hybridized carbons (Fsp3) is 0.409. The van der Waals surface area contributed by atoms with Gasteiger partial charge >= 0.3 is 5.97 Å². The average molecular weight is 412 g/mol. The highest BCUT2D eigenvalue weighted by Crippen LogP contribution is 2.27. The lowest BCUT2D eigenvalue weighted by atomic mass is 10.1. The summed E-state index contributed by atoms with van der Waals surface area (Å²) in [4.78, 5) is 34.3. The molecule has 0 N–H and O–H groups in total. The van der Waals surface area contributed by atoms with Crippen molar-refractivity contribution in [3.8, 4) is 0 Å². The van der Waals surface area contributed by atoms with Gasteiger partial charge in [0, 0.05) is 4.88 Å². The lowest BCUT2D eigenvalue weighted by molar-refractivity contribution is 0.0600. The van der Waals surface area contributed by atoms with E-state index in [1.54, 1.807) is 28.0 Å². The molecule has 29 heavy (non-hydrogen) atoms. The number of fused-ring (bicyclic) bond motifs is 1. The monoisotopic (exact) mass is 411 g/mol. The summed E-state index contributed by atoms with van der Waals surface area (Å²) >= 11 is 1.59. The minimum Gasteiger partial charge on any atom is -0.465 e. The van der Waals surface area contributed by atoms with E-state index in [1.165, 1.54) is 20.0 Å². The first-order valence-electron chi connectivity index (χ1n) is 9.87. The van der Waals surface area contributed by atoms with Crippen LogP contribution in [0.25, 0.3) is 10.2 Å². The van der Waals surface area contributed by atoms with Crippen LogP contribution < -0.4 is 5.56 Å². The molecule has 1 saturated heterocycles. The van der Waals surface area contributed by atoms with Crippen molar-refractivity contribution in [3.05, 3.63) is 62.0 Å². The second-order valence-corrected chi connectivity index (χ2v) is 8.76. The van der Waals surface area contributed by atoms with Gasteiger partial charge in [0.15, 0.2) is 0 Å². The molecule has 1 aliphatic rings. The van der Waals surface area contributed by atoms with Gasteiger partial charge in [-0.25, -0.2) is 9.78 Å². The number of carbonyl (C=O) groups excluding carboxylic acids is 1. The van der Waals surface area contributed by atoms with Gasteiger partial charge in [0.1, 0.15) is 10.7 Å². The Hall–Kier alpha value is -2.51. The van der Waals surface area contributed by atoms with Crippen LogP contribution in [0.5, 0.6) is 0 Å². The van der Waals surface area contributed by atoms with Gasteiger partial charge < -0.3 is 4.74 Å². The number of methoxy groups -OCH3 is 1. The molecule has 2 aromatic heterocycles. The SMILES string of the molecule is COC(=O)c1ccc(Cn2c(CN3CCCC3)nc3sc(C)c(C)c3c2=O)cc1. The molecule has 6 nitrogen and oxygen atoms in total. The number of likely N-dealkylation sites (tertiary alicyclic amines) is 1. The zero-order chi connectivity index (χ0) is 20.5. The first kappa shape index (κ1) is 19.8. The van der Waals surface area contributed by atoms with Crippen LogP contribution in [0.3, 0.4) is 0 Å². The lowest BCUT2D eigenvalue weighted by Crippen LogP contribution is -2.30. The maximum Gasteiger partial charge on any atom is 0.337 e. The van der Waals surface area contributed by atoms with E-state index >= 15 is 0 Å². The predicted molar refractivity (Wildman–Crippen MR) is 115 cm³/mol. The van der Waals surface area contributed by atoms with E-state index in [9.17, 15) is 9.59 Å². The average Bonchev–Trinajstić information content (AvgIpc) is 3.33. The molecule has 152 valence electrons. The van der Waals surface area contributed by atoms with Crippen LogP contribution in [0.4, 0.5) is 0 Å². The molecule has 0 radical (unpaired) electrons. The standard InChI is InChI=1S/C22H25N3O3S/c1-14-15(2)29-20-19(14)21(26)25(18(23-20)13-24-10-4-5-11-24)12-16-6-8-17(9-7-16)22(27)28-3/h6-9H,4-5,10-13H2,1-3H3. The summed E-state index contributed by atoms with van der Waals surface area (Å²) in [6.45, 7) is 7.24. The van der Waals surface area contributed by atoms with E-state index in [0.717, 1.165) is 45.1 Å². The van der Waals surface area contributed by atoms with Crippen molar-refractivity contribution in [3.63, 3.8) is 0 Å². The van der Waals surface area contributed by atoms with Crippen LogP contribution in [0.2, 0.25) is 0 Å². The molecule has 4 rings (SSSR count). The van der Waals surface area contributed by atoms with Crippen molar-refractivity contribution >= 4 is 27.5 Å². The molecular formula is C22H25N3O3S. The molecule has 7 heteroatoms. The number of aryl methyl sites for hydroxylation is 2. The van der Waals surface area contributed by atoms with Crippen molar-refractivity contribution in [2.45, 2.75) is 39.8 Å². The summed E-state index contributed by atoms with van der Waals surface area (Å²) in [5.74, 6) is 0.443. The normalized spacial score (nSPS) is 14.6. The van der Waals surface area contributed by atoms with Gasteiger partial charge in [0.2, 0.25) is 0 Å². The fourth-order valence-electron chi connectivity index (χ4n) is 3.84. The van der Waals surface area contributed by atoms with Crippen molar-refractivity contribution in [2.75, 3.05) is 20.2 Å². The minimum absolute atomic E-state index is 0.0168. The van der Waals surface area contributed by atoms with Crippen molar-refractivity contribution in [1.82, 2.24) is 14.5 Å². The first-order chi connectivity index (χ1) is 14.0. The Morgan fingerprint density at radius 1 is 1.14 bits per heavy atom. The molecule has 0 atom stereocenters. The molecule has 1 fully saturated rings. The molecule has 0 aliphatic carbocycles. The molecule has 0 amide bonds. The van der Waals surface area contributed by atoms with Crippen LogP contribution in [0.15, 0.2) is 29.1 Å². The number of aromatic nitrogens is 2. The molecule has 3 heterocycles. The number of esters is 1. The van der Waals surface area contributed by atoms with Gasteiger partial charge in [0.25, 0.3) is 5.56 Å². The largest absolute Gasteiger partial charge is 0.465 e. The van der Waals surface area contributed by atoms with Crippen LogP contribution in [0, 0.1) is 13.8 Å². The van der Waals surface area contributed by atoms with Gasteiger partial charge in [-0.1, -0.05) is 12.1 Å². The zero-order valence-corrected chi connectivity index (χ0v) is 17.8. The fourth-order valence-corrected chi connectivity index (χ4v) is 4.88. The Morgan fingerprint density at radius 2 is 1.83 bits per heavy atom. The molecule has 0 saturated carbocycles. The van der Waals surface area contributed by atoms with Crippen LogP contribution in [-0.2, 0) is 17.8 Å². The molecule has 0 spiro atoms. The topological polar surface area (TPSA) is 64.4 Å². The first-order valence-corrected chi connectivity index (χ1v) is 10.7. The van der Waals surface area contributed by atoms with Gasteiger partial charge in [-0.05, 0) is 63.0 Å². The predicted octanol–water partition coefficient (Wildman–Crippen LogP) is 3.51. The summed E-state index contributed by atoms with van der Waals surface area (Å²) in [6, 6.07) is 7.21. The summed E-state index contributed by atoms with van der Waals surface area (Å²) in [5.41, 5.74) is 2.49. The number of hydrogen-bond donors (Lipinski definition) is 0.